The summed E-state index contributed by atoms with van der Waals surface area (Å²) in [5, 5.41) is 13.3. The van der Waals surface area contributed by atoms with E-state index in [4.69, 9.17) is 4.98 Å². The standard InChI is InChI=1S/C35H34N4O2/c1-24-10-9-13-29-32(24)26(23-38(29)21-20-37-17-6-2-7-18-37)22-30-34(36-31-14-5-8-19-39(30)31)28-16-15-25-11-3-4-12-27(25)33(28)35(40)41/h3-5,8-16,19,23H,2,6-7,17-18,20-22H2,1H3,(H,40,41). The predicted molar refractivity (Wildman–Crippen MR) is 165 cm³/mol. The summed E-state index contributed by atoms with van der Waals surface area (Å²) >= 11 is 0. The molecule has 1 fully saturated rings. The van der Waals surface area contributed by atoms with Crippen LogP contribution in [0.25, 0.3) is 38.6 Å². The molecular formula is C35H34N4O2. The second kappa shape index (κ2) is 10.5. The van der Waals surface area contributed by atoms with Gasteiger partial charge in [-0.15, -0.1) is 0 Å². The first-order chi connectivity index (χ1) is 20.1. The van der Waals surface area contributed by atoms with Crippen molar-refractivity contribution in [2.75, 3.05) is 19.6 Å². The fourth-order valence-electron chi connectivity index (χ4n) is 6.69. The van der Waals surface area contributed by atoms with Crippen LogP contribution in [0, 0.1) is 6.92 Å². The molecule has 4 heterocycles. The average molecular weight is 543 g/mol. The number of aromatic carboxylic acids is 1. The molecule has 0 aliphatic carbocycles. The summed E-state index contributed by atoms with van der Waals surface area (Å²) in [7, 11) is 0. The summed E-state index contributed by atoms with van der Waals surface area (Å²) < 4.78 is 4.53. The Bertz CT molecular complexity index is 1910. The summed E-state index contributed by atoms with van der Waals surface area (Å²) in [5.74, 6) is -0.940. The molecule has 1 aliphatic heterocycles. The number of carboxylic acids is 1. The Balaban J connectivity index is 1.37. The molecule has 1 aliphatic rings. The van der Waals surface area contributed by atoms with Crippen molar-refractivity contribution in [3.05, 3.63) is 108 Å². The first-order valence-electron chi connectivity index (χ1n) is 14.6. The molecule has 0 bridgehead atoms. The monoisotopic (exact) mass is 542 g/mol. The first-order valence-corrected chi connectivity index (χ1v) is 14.6. The van der Waals surface area contributed by atoms with Gasteiger partial charge in [0.25, 0.3) is 0 Å². The Labute approximate surface area is 239 Å². The van der Waals surface area contributed by atoms with E-state index in [0.29, 0.717) is 17.5 Å². The van der Waals surface area contributed by atoms with Crippen molar-refractivity contribution in [1.29, 1.82) is 0 Å². The van der Waals surface area contributed by atoms with Crippen molar-refractivity contribution in [3.8, 4) is 11.3 Å². The fraction of sp³-hybridized carbons (Fsp3) is 0.257. The van der Waals surface area contributed by atoms with Crippen LogP contribution in [0.4, 0.5) is 0 Å². The van der Waals surface area contributed by atoms with E-state index in [1.165, 1.54) is 54.4 Å². The molecule has 0 atom stereocenters. The van der Waals surface area contributed by atoms with E-state index in [2.05, 4.69) is 45.2 Å². The normalized spacial score (nSPS) is 14.4. The van der Waals surface area contributed by atoms with E-state index in [1.54, 1.807) is 0 Å². The van der Waals surface area contributed by atoms with Crippen LogP contribution in [-0.2, 0) is 13.0 Å². The SMILES string of the molecule is Cc1cccc2c1c(Cc1c(-c3ccc4ccccc4c3C(=O)O)nc3ccccn13)cn2CCN1CCCCC1. The van der Waals surface area contributed by atoms with Crippen LogP contribution in [0.3, 0.4) is 0 Å². The number of carbonyl (C=O) groups is 1. The molecule has 7 rings (SSSR count). The van der Waals surface area contributed by atoms with Crippen molar-refractivity contribution in [1.82, 2.24) is 18.9 Å². The van der Waals surface area contributed by atoms with Crippen LogP contribution in [-0.4, -0.2) is 49.6 Å². The first kappa shape index (κ1) is 25.5. The number of imidazole rings is 1. The van der Waals surface area contributed by atoms with Gasteiger partial charge in [-0.05, 0) is 73.0 Å². The smallest absolute Gasteiger partial charge is 0.337 e. The zero-order valence-corrected chi connectivity index (χ0v) is 23.4. The maximum atomic E-state index is 12.7. The van der Waals surface area contributed by atoms with Gasteiger partial charge in [-0.25, -0.2) is 9.78 Å². The van der Waals surface area contributed by atoms with Gasteiger partial charge in [-0.3, -0.25) is 0 Å². The highest BCUT2D eigenvalue weighted by Crippen LogP contribution is 2.35. The minimum absolute atomic E-state index is 0.299. The number of nitrogens with zero attached hydrogens (tertiary/aromatic N) is 4. The van der Waals surface area contributed by atoms with Gasteiger partial charge < -0.3 is 19.0 Å². The van der Waals surface area contributed by atoms with Crippen molar-refractivity contribution in [3.63, 3.8) is 0 Å². The number of carboxylic acid groups (broad SMARTS) is 1. The van der Waals surface area contributed by atoms with Crippen molar-refractivity contribution >= 4 is 33.3 Å². The highest BCUT2D eigenvalue weighted by Gasteiger charge is 2.23. The van der Waals surface area contributed by atoms with Crippen molar-refractivity contribution in [2.24, 2.45) is 0 Å². The number of benzene rings is 3. The maximum Gasteiger partial charge on any atom is 0.337 e. The third kappa shape index (κ3) is 4.58. The molecule has 0 unspecified atom stereocenters. The number of pyridine rings is 1. The van der Waals surface area contributed by atoms with E-state index in [0.717, 1.165) is 40.9 Å². The minimum Gasteiger partial charge on any atom is -0.478 e. The molecule has 6 nitrogen and oxygen atoms in total. The van der Waals surface area contributed by atoms with Crippen LogP contribution < -0.4 is 0 Å². The molecule has 1 saturated heterocycles. The molecule has 0 saturated carbocycles. The van der Waals surface area contributed by atoms with E-state index >= 15 is 0 Å². The molecule has 6 aromatic rings. The molecule has 3 aromatic carbocycles. The highest BCUT2D eigenvalue weighted by atomic mass is 16.4. The van der Waals surface area contributed by atoms with Gasteiger partial charge in [0.1, 0.15) is 5.65 Å². The van der Waals surface area contributed by atoms with Gasteiger partial charge in [0, 0.05) is 48.4 Å². The van der Waals surface area contributed by atoms with E-state index in [1.807, 2.05) is 60.8 Å². The Morgan fingerprint density at radius 3 is 2.59 bits per heavy atom. The zero-order valence-electron chi connectivity index (χ0n) is 23.4. The van der Waals surface area contributed by atoms with E-state index < -0.39 is 5.97 Å². The number of likely N-dealkylation sites (tertiary alicyclic amines) is 1. The second-order valence-corrected chi connectivity index (χ2v) is 11.2. The molecule has 0 radical (unpaired) electrons. The van der Waals surface area contributed by atoms with Crippen LogP contribution in [0.1, 0.15) is 46.4 Å². The van der Waals surface area contributed by atoms with Gasteiger partial charge in [0.15, 0.2) is 0 Å². The zero-order chi connectivity index (χ0) is 27.9. The number of rotatable bonds is 7. The molecular weight excluding hydrogens is 508 g/mol. The van der Waals surface area contributed by atoms with Gasteiger partial charge >= 0.3 is 5.97 Å². The predicted octanol–water partition coefficient (Wildman–Crippen LogP) is 7.19. The molecule has 3 aromatic heterocycles. The Morgan fingerprint density at radius 2 is 1.73 bits per heavy atom. The molecule has 0 amide bonds. The van der Waals surface area contributed by atoms with E-state index in [9.17, 15) is 9.90 Å². The summed E-state index contributed by atoms with van der Waals surface area (Å²) in [6.45, 7) is 6.56. The summed E-state index contributed by atoms with van der Waals surface area (Å²) in [6.07, 6.45) is 8.92. The van der Waals surface area contributed by atoms with Gasteiger partial charge in [-0.2, -0.15) is 0 Å². The van der Waals surface area contributed by atoms with Crippen molar-refractivity contribution < 1.29 is 9.90 Å². The van der Waals surface area contributed by atoms with E-state index in [-0.39, 0.29) is 0 Å². The molecule has 0 spiro atoms. The van der Waals surface area contributed by atoms with Crippen LogP contribution in [0.2, 0.25) is 0 Å². The summed E-state index contributed by atoms with van der Waals surface area (Å²) in [6, 6.07) is 24.1. The number of aromatic nitrogens is 3. The molecule has 6 heteroatoms. The third-order valence-corrected chi connectivity index (χ3v) is 8.68. The maximum absolute atomic E-state index is 12.7. The molecule has 1 N–H and O–H groups in total. The third-order valence-electron chi connectivity index (χ3n) is 8.68. The lowest BCUT2D eigenvalue weighted by Crippen LogP contribution is -2.32. The molecule has 206 valence electrons. The topological polar surface area (TPSA) is 62.8 Å². The largest absolute Gasteiger partial charge is 0.478 e. The van der Waals surface area contributed by atoms with Gasteiger partial charge in [0.2, 0.25) is 0 Å². The Morgan fingerprint density at radius 1 is 0.902 bits per heavy atom. The fourth-order valence-corrected chi connectivity index (χ4v) is 6.69. The van der Waals surface area contributed by atoms with Crippen LogP contribution >= 0.6 is 0 Å². The second-order valence-electron chi connectivity index (χ2n) is 11.2. The average Bonchev–Trinajstić information content (AvgIpc) is 3.55. The van der Waals surface area contributed by atoms with Crippen LogP contribution in [0.15, 0.2) is 85.2 Å². The quantitative estimate of drug-likeness (QED) is 0.232. The number of piperidine rings is 1. The van der Waals surface area contributed by atoms with Crippen LogP contribution in [0.5, 0.6) is 0 Å². The molecule has 41 heavy (non-hydrogen) atoms. The lowest BCUT2D eigenvalue weighted by atomic mass is 9.94. The number of aryl methyl sites for hydroxylation is 1. The number of fused-ring (bicyclic) bond motifs is 3. The van der Waals surface area contributed by atoms with Gasteiger partial charge in [0.05, 0.1) is 17.0 Å². The summed E-state index contributed by atoms with van der Waals surface area (Å²) in [4.78, 5) is 20.3. The number of hydrogen-bond donors (Lipinski definition) is 1. The summed E-state index contributed by atoms with van der Waals surface area (Å²) in [5.41, 5.74) is 7.23. The lowest BCUT2D eigenvalue weighted by molar-refractivity contribution is 0.0700. The minimum atomic E-state index is -0.940. The number of hydrogen-bond acceptors (Lipinski definition) is 3. The van der Waals surface area contributed by atoms with Crippen molar-refractivity contribution in [2.45, 2.75) is 39.2 Å². The van der Waals surface area contributed by atoms with Gasteiger partial charge in [-0.1, -0.05) is 61.0 Å². The Hall–Kier alpha value is -4.42. The highest BCUT2D eigenvalue weighted by molar-refractivity contribution is 6.09. The lowest BCUT2D eigenvalue weighted by Gasteiger charge is -2.26. The Kier molecular flexibility index (Phi) is 6.56.